The predicted molar refractivity (Wildman–Crippen MR) is 149 cm³/mol. The second-order valence-corrected chi connectivity index (χ2v) is 9.32. The number of aryl methyl sites for hydroxylation is 1. The van der Waals surface area contributed by atoms with Crippen molar-refractivity contribution in [2.75, 3.05) is 36.5 Å². The van der Waals surface area contributed by atoms with Crippen molar-refractivity contribution >= 4 is 28.0 Å². The summed E-state index contributed by atoms with van der Waals surface area (Å²) in [6.45, 7) is 3.79. The van der Waals surface area contributed by atoms with Crippen LogP contribution in [-0.4, -0.2) is 40.7 Å². The highest BCUT2D eigenvalue weighted by atomic mass is 16.5. The molecule has 1 aliphatic heterocycles. The molecule has 3 heterocycles. The molecule has 5 aromatic rings. The molecule has 7 nitrogen and oxygen atoms in total. The molecule has 2 aromatic heterocycles. The Morgan fingerprint density at radius 2 is 1.68 bits per heavy atom. The zero-order valence-corrected chi connectivity index (χ0v) is 20.8. The van der Waals surface area contributed by atoms with Gasteiger partial charge < -0.3 is 19.5 Å². The highest BCUT2D eigenvalue weighted by molar-refractivity contribution is 5.88. The fraction of sp³-hybridized carbons (Fsp3) is 0.200. The summed E-state index contributed by atoms with van der Waals surface area (Å²) in [7, 11) is 1.82. The van der Waals surface area contributed by atoms with Crippen molar-refractivity contribution in [2.45, 2.75) is 6.54 Å². The number of aromatic nitrogens is 3. The highest BCUT2D eigenvalue weighted by Gasteiger charge is 2.16. The normalized spacial score (nSPS) is 13.7. The fourth-order valence-corrected chi connectivity index (χ4v) is 4.91. The molecule has 0 bridgehead atoms. The first-order valence-electron chi connectivity index (χ1n) is 12.6. The highest BCUT2D eigenvalue weighted by Crippen LogP contribution is 2.30. The summed E-state index contributed by atoms with van der Waals surface area (Å²) >= 11 is 0. The summed E-state index contributed by atoms with van der Waals surface area (Å²) in [6, 6.07) is 28.5. The average molecular weight is 492 g/mol. The number of benzene rings is 3. The molecule has 0 spiro atoms. The van der Waals surface area contributed by atoms with E-state index < -0.39 is 0 Å². The molecule has 6 rings (SSSR count). The van der Waals surface area contributed by atoms with E-state index in [0.717, 1.165) is 53.2 Å². The quantitative estimate of drug-likeness (QED) is 0.361. The third-order valence-corrected chi connectivity index (χ3v) is 6.87. The molecule has 0 unspecified atom stereocenters. The standard InChI is InChI=1S/C30H29N5O2/c1-33-28-12-11-23(25-13-14-35(32-25)21-22-7-3-2-4-8-22)19-24(28)20-27(30(33)36)31-26-9-5-6-10-29(26)34-15-17-37-18-16-34/h2-14,19-20,31H,15-18,21H2,1H3. The smallest absolute Gasteiger partial charge is 0.274 e. The van der Waals surface area contributed by atoms with Gasteiger partial charge in [0.25, 0.3) is 5.56 Å². The van der Waals surface area contributed by atoms with Crippen LogP contribution >= 0.6 is 0 Å². The lowest BCUT2D eigenvalue weighted by molar-refractivity contribution is 0.123. The zero-order valence-electron chi connectivity index (χ0n) is 20.8. The Balaban J connectivity index is 1.32. The molecule has 37 heavy (non-hydrogen) atoms. The van der Waals surface area contributed by atoms with Crippen molar-refractivity contribution in [1.29, 1.82) is 0 Å². The van der Waals surface area contributed by atoms with Crippen molar-refractivity contribution in [2.24, 2.45) is 7.05 Å². The van der Waals surface area contributed by atoms with Gasteiger partial charge in [-0.1, -0.05) is 48.5 Å². The molecule has 3 aromatic carbocycles. The van der Waals surface area contributed by atoms with E-state index in [9.17, 15) is 4.79 Å². The summed E-state index contributed by atoms with van der Waals surface area (Å²) in [5.41, 5.74) is 6.47. The lowest BCUT2D eigenvalue weighted by atomic mass is 10.1. The molecular weight excluding hydrogens is 462 g/mol. The van der Waals surface area contributed by atoms with Crippen LogP contribution in [0.2, 0.25) is 0 Å². The van der Waals surface area contributed by atoms with Crippen LogP contribution in [0.1, 0.15) is 5.56 Å². The van der Waals surface area contributed by atoms with Gasteiger partial charge in [0.2, 0.25) is 0 Å². The van der Waals surface area contributed by atoms with Gasteiger partial charge in [-0.3, -0.25) is 9.48 Å². The van der Waals surface area contributed by atoms with Gasteiger partial charge >= 0.3 is 0 Å². The minimum atomic E-state index is -0.0656. The van der Waals surface area contributed by atoms with Gasteiger partial charge in [-0.15, -0.1) is 0 Å². The summed E-state index contributed by atoms with van der Waals surface area (Å²) in [5, 5.41) is 9.19. The van der Waals surface area contributed by atoms with Crippen molar-refractivity contribution in [3.05, 3.63) is 107 Å². The monoisotopic (exact) mass is 491 g/mol. The Hall–Kier alpha value is -4.36. The van der Waals surface area contributed by atoms with Gasteiger partial charge in [0, 0.05) is 37.3 Å². The molecule has 1 fully saturated rings. The molecule has 0 amide bonds. The van der Waals surface area contributed by atoms with Gasteiger partial charge in [-0.05, 0) is 42.0 Å². The summed E-state index contributed by atoms with van der Waals surface area (Å²) < 4.78 is 9.17. The molecule has 0 radical (unpaired) electrons. The van der Waals surface area contributed by atoms with E-state index in [1.807, 2.05) is 78.6 Å². The largest absolute Gasteiger partial charge is 0.378 e. The van der Waals surface area contributed by atoms with E-state index in [4.69, 9.17) is 9.84 Å². The number of hydrogen-bond acceptors (Lipinski definition) is 5. The van der Waals surface area contributed by atoms with Gasteiger partial charge in [-0.2, -0.15) is 5.10 Å². The molecule has 186 valence electrons. The number of nitrogens with zero attached hydrogens (tertiary/aromatic N) is 4. The Morgan fingerprint density at radius 3 is 2.51 bits per heavy atom. The van der Waals surface area contributed by atoms with Crippen molar-refractivity contribution in [3.63, 3.8) is 0 Å². The van der Waals surface area contributed by atoms with Gasteiger partial charge in [-0.25, -0.2) is 0 Å². The maximum Gasteiger partial charge on any atom is 0.274 e. The zero-order chi connectivity index (χ0) is 25.2. The molecular formula is C30H29N5O2. The number of para-hydroxylation sites is 2. The number of ether oxygens (including phenoxy) is 1. The number of pyridine rings is 1. The van der Waals surface area contributed by atoms with Crippen LogP contribution in [0.25, 0.3) is 22.2 Å². The van der Waals surface area contributed by atoms with Crippen LogP contribution < -0.4 is 15.8 Å². The second kappa shape index (κ2) is 9.95. The number of hydrogen-bond donors (Lipinski definition) is 1. The Kier molecular flexibility index (Phi) is 6.20. The molecule has 0 saturated carbocycles. The van der Waals surface area contributed by atoms with E-state index in [0.29, 0.717) is 18.9 Å². The van der Waals surface area contributed by atoms with E-state index in [1.165, 1.54) is 5.56 Å². The van der Waals surface area contributed by atoms with E-state index in [-0.39, 0.29) is 5.56 Å². The van der Waals surface area contributed by atoms with Crippen LogP contribution in [0.15, 0.2) is 95.9 Å². The Bertz CT molecular complexity index is 1600. The first-order chi connectivity index (χ1) is 18.2. The first kappa shape index (κ1) is 23.1. The minimum Gasteiger partial charge on any atom is -0.378 e. The Labute approximate surface area is 215 Å². The summed E-state index contributed by atoms with van der Waals surface area (Å²) in [4.78, 5) is 15.6. The number of anilines is 3. The van der Waals surface area contributed by atoms with Crippen LogP contribution in [0.4, 0.5) is 17.1 Å². The van der Waals surface area contributed by atoms with E-state index >= 15 is 0 Å². The maximum atomic E-state index is 13.3. The lowest BCUT2D eigenvalue weighted by Gasteiger charge is -2.30. The topological polar surface area (TPSA) is 64.3 Å². The molecule has 0 aliphatic carbocycles. The van der Waals surface area contributed by atoms with Gasteiger partial charge in [0.1, 0.15) is 5.69 Å². The van der Waals surface area contributed by atoms with Crippen molar-refractivity contribution in [1.82, 2.24) is 14.3 Å². The predicted octanol–water partition coefficient (Wildman–Crippen LogP) is 5.03. The molecule has 1 saturated heterocycles. The number of morpholine rings is 1. The van der Waals surface area contributed by atoms with Crippen LogP contribution in [0.3, 0.4) is 0 Å². The lowest BCUT2D eigenvalue weighted by Crippen LogP contribution is -2.36. The molecule has 7 heteroatoms. The minimum absolute atomic E-state index is 0.0656. The summed E-state index contributed by atoms with van der Waals surface area (Å²) in [6.07, 6.45) is 2.00. The number of rotatable bonds is 6. The molecule has 1 N–H and O–H groups in total. The van der Waals surface area contributed by atoms with E-state index in [2.05, 4.69) is 34.5 Å². The number of fused-ring (bicyclic) bond motifs is 1. The number of nitrogens with one attached hydrogen (secondary N) is 1. The fourth-order valence-electron chi connectivity index (χ4n) is 4.91. The third-order valence-electron chi connectivity index (χ3n) is 6.87. The molecule has 0 atom stereocenters. The summed E-state index contributed by atoms with van der Waals surface area (Å²) in [5.74, 6) is 0. The van der Waals surface area contributed by atoms with Gasteiger partial charge in [0.05, 0.1) is 42.3 Å². The van der Waals surface area contributed by atoms with E-state index in [1.54, 1.807) is 4.57 Å². The maximum absolute atomic E-state index is 13.3. The SMILES string of the molecule is Cn1c(=O)c(Nc2ccccc2N2CCOCC2)cc2cc(-c3ccn(Cc4ccccc4)n3)ccc21. The first-order valence-corrected chi connectivity index (χ1v) is 12.6. The Morgan fingerprint density at radius 1 is 0.892 bits per heavy atom. The third kappa shape index (κ3) is 4.73. The van der Waals surface area contributed by atoms with Crippen molar-refractivity contribution in [3.8, 4) is 11.3 Å². The van der Waals surface area contributed by atoms with Gasteiger partial charge in [0.15, 0.2) is 0 Å². The average Bonchev–Trinajstić information content (AvgIpc) is 3.41. The second-order valence-electron chi connectivity index (χ2n) is 9.32. The molecule has 1 aliphatic rings. The van der Waals surface area contributed by atoms with Crippen LogP contribution in [0, 0.1) is 0 Å². The van der Waals surface area contributed by atoms with Crippen LogP contribution in [0.5, 0.6) is 0 Å². The van der Waals surface area contributed by atoms with Crippen LogP contribution in [-0.2, 0) is 18.3 Å². The van der Waals surface area contributed by atoms with Crippen molar-refractivity contribution < 1.29 is 4.74 Å².